The highest BCUT2D eigenvalue weighted by Crippen LogP contribution is 2.29. The van der Waals surface area contributed by atoms with Crippen molar-refractivity contribution in [2.45, 2.75) is 19.8 Å². The summed E-state index contributed by atoms with van der Waals surface area (Å²) in [5.74, 6) is -0.463. The number of ether oxygens (including phenoxy) is 2. The van der Waals surface area contributed by atoms with Gasteiger partial charge < -0.3 is 9.47 Å². The molecule has 1 N–H and O–H groups in total. The summed E-state index contributed by atoms with van der Waals surface area (Å²) in [6.07, 6.45) is 1.23. The maximum Gasteiger partial charge on any atom is 0.411 e. The van der Waals surface area contributed by atoms with Crippen molar-refractivity contribution in [3.8, 4) is 0 Å². The molecule has 0 radical (unpaired) electrons. The van der Waals surface area contributed by atoms with Gasteiger partial charge in [-0.05, 0) is 12.5 Å². The number of amides is 1. The monoisotopic (exact) mass is 257 g/mol. The van der Waals surface area contributed by atoms with Crippen molar-refractivity contribution in [3.05, 3.63) is 16.5 Å². The minimum absolute atomic E-state index is 0.367. The number of nitrogens with one attached hydrogen (secondary N) is 1. The molecule has 0 unspecified atom stereocenters. The van der Waals surface area contributed by atoms with Crippen LogP contribution in [-0.4, -0.2) is 26.3 Å². The van der Waals surface area contributed by atoms with Gasteiger partial charge in [-0.1, -0.05) is 13.3 Å². The number of carbonyl (C=O) groups is 2. The Morgan fingerprint density at radius 3 is 2.59 bits per heavy atom. The third-order valence-corrected chi connectivity index (χ3v) is 3.20. The Kier molecular flexibility index (Phi) is 4.96. The highest BCUT2D eigenvalue weighted by Gasteiger charge is 2.18. The van der Waals surface area contributed by atoms with Crippen LogP contribution in [0.5, 0.6) is 0 Å². The summed E-state index contributed by atoms with van der Waals surface area (Å²) in [4.78, 5) is 23.7. The van der Waals surface area contributed by atoms with E-state index in [9.17, 15) is 9.59 Å². The summed E-state index contributed by atoms with van der Waals surface area (Å²) < 4.78 is 9.16. The second kappa shape index (κ2) is 6.24. The fourth-order valence-corrected chi connectivity index (χ4v) is 2.44. The standard InChI is InChI=1S/C11H15NO4S/c1-4-5-7-6-8(10(13)15-2)9(17-7)12-11(14)16-3/h6H,4-5H2,1-3H3,(H,12,14). The first-order chi connectivity index (χ1) is 8.12. The molecule has 0 aliphatic heterocycles. The van der Waals surface area contributed by atoms with Crippen LogP contribution in [0, 0.1) is 0 Å². The summed E-state index contributed by atoms with van der Waals surface area (Å²) in [5.41, 5.74) is 0.367. The first-order valence-corrected chi connectivity index (χ1v) is 6.00. The molecule has 1 heterocycles. The number of hydrogen-bond donors (Lipinski definition) is 1. The van der Waals surface area contributed by atoms with Gasteiger partial charge in [-0.25, -0.2) is 9.59 Å². The smallest absolute Gasteiger partial charge is 0.411 e. The molecule has 0 aliphatic rings. The third-order valence-electron chi connectivity index (χ3n) is 2.09. The summed E-state index contributed by atoms with van der Waals surface area (Å²) in [6.45, 7) is 2.05. The van der Waals surface area contributed by atoms with Gasteiger partial charge in [0.2, 0.25) is 0 Å². The zero-order valence-corrected chi connectivity index (χ0v) is 10.8. The van der Waals surface area contributed by atoms with Gasteiger partial charge in [-0.15, -0.1) is 11.3 Å². The lowest BCUT2D eigenvalue weighted by Gasteiger charge is -2.02. The van der Waals surface area contributed by atoms with E-state index in [-0.39, 0.29) is 0 Å². The van der Waals surface area contributed by atoms with E-state index in [0.717, 1.165) is 17.7 Å². The number of methoxy groups -OCH3 is 2. The van der Waals surface area contributed by atoms with E-state index in [0.29, 0.717) is 10.6 Å². The minimum Gasteiger partial charge on any atom is -0.465 e. The van der Waals surface area contributed by atoms with Crippen LogP contribution in [0.1, 0.15) is 28.6 Å². The Morgan fingerprint density at radius 1 is 1.35 bits per heavy atom. The Labute approximate surface area is 104 Å². The average Bonchev–Trinajstić information content (AvgIpc) is 2.71. The summed E-state index contributed by atoms with van der Waals surface area (Å²) in [7, 11) is 2.58. The number of anilines is 1. The normalized spacial score (nSPS) is 9.82. The third kappa shape index (κ3) is 3.45. The lowest BCUT2D eigenvalue weighted by Crippen LogP contribution is -2.12. The lowest BCUT2D eigenvalue weighted by molar-refractivity contribution is 0.0602. The number of aryl methyl sites for hydroxylation is 1. The zero-order valence-electron chi connectivity index (χ0n) is 10.0. The molecule has 17 heavy (non-hydrogen) atoms. The molecule has 1 aromatic heterocycles. The lowest BCUT2D eigenvalue weighted by atomic mass is 10.2. The maximum atomic E-state index is 11.5. The van der Waals surface area contributed by atoms with Gasteiger partial charge in [0, 0.05) is 4.88 Å². The SMILES string of the molecule is CCCc1cc(C(=O)OC)c(NC(=O)OC)s1. The summed E-state index contributed by atoms with van der Waals surface area (Å²) in [6, 6.07) is 1.74. The number of esters is 1. The molecule has 0 aromatic carbocycles. The van der Waals surface area contributed by atoms with E-state index >= 15 is 0 Å². The Balaban J connectivity index is 2.98. The van der Waals surface area contributed by atoms with Gasteiger partial charge in [-0.2, -0.15) is 0 Å². The van der Waals surface area contributed by atoms with Gasteiger partial charge in [0.25, 0.3) is 0 Å². The molecule has 0 spiro atoms. The summed E-state index contributed by atoms with van der Waals surface area (Å²) >= 11 is 1.36. The topological polar surface area (TPSA) is 64.6 Å². The van der Waals surface area contributed by atoms with Crippen LogP contribution >= 0.6 is 11.3 Å². The number of carbonyl (C=O) groups excluding carboxylic acids is 2. The molecule has 0 aliphatic carbocycles. The predicted octanol–water partition coefficient (Wildman–Crippen LogP) is 2.67. The highest BCUT2D eigenvalue weighted by atomic mass is 32.1. The molecular formula is C11H15NO4S. The van der Waals surface area contributed by atoms with Crippen LogP contribution in [0.25, 0.3) is 0 Å². The summed E-state index contributed by atoms with van der Waals surface area (Å²) in [5, 5.41) is 2.98. The van der Waals surface area contributed by atoms with Gasteiger partial charge in [-0.3, -0.25) is 5.32 Å². The predicted molar refractivity (Wildman–Crippen MR) is 65.7 cm³/mol. The van der Waals surface area contributed by atoms with Crippen LogP contribution < -0.4 is 5.32 Å². The number of hydrogen-bond acceptors (Lipinski definition) is 5. The van der Waals surface area contributed by atoms with Crippen molar-refractivity contribution in [2.24, 2.45) is 0 Å². The molecular weight excluding hydrogens is 242 g/mol. The fourth-order valence-electron chi connectivity index (χ4n) is 1.31. The van der Waals surface area contributed by atoms with Gasteiger partial charge in [0.1, 0.15) is 5.00 Å². The number of thiophene rings is 1. The number of rotatable bonds is 4. The molecule has 0 bridgehead atoms. The molecule has 0 fully saturated rings. The molecule has 0 saturated heterocycles. The highest BCUT2D eigenvalue weighted by molar-refractivity contribution is 7.16. The van der Waals surface area contributed by atoms with E-state index < -0.39 is 12.1 Å². The molecule has 0 saturated carbocycles. The Morgan fingerprint density at radius 2 is 2.06 bits per heavy atom. The fraction of sp³-hybridized carbons (Fsp3) is 0.455. The molecule has 5 nitrogen and oxygen atoms in total. The Hall–Kier alpha value is -1.56. The molecule has 1 amide bonds. The van der Waals surface area contributed by atoms with Crippen molar-refractivity contribution in [1.29, 1.82) is 0 Å². The average molecular weight is 257 g/mol. The van der Waals surface area contributed by atoms with Crippen LogP contribution in [0.2, 0.25) is 0 Å². The first-order valence-electron chi connectivity index (χ1n) is 5.18. The van der Waals surface area contributed by atoms with E-state index in [4.69, 9.17) is 0 Å². The van der Waals surface area contributed by atoms with Crippen molar-refractivity contribution in [1.82, 2.24) is 0 Å². The molecule has 94 valence electrons. The van der Waals surface area contributed by atoms with Crippen molar-refractivity contribution in [2.75, 3.05) is 19.5 Å². The molecule has 1 rings (SSSR count). The van der Waals surface area contributed by atoms with E-state index in [1.54, 1.807) is 6.07 Å². The second-order valence-electron chi connectivity index (χ2n) is 3.31. The van der Waals surface area contributed by atoms with Crippen molar-refractivity contribution in [3.63, 3.8) is 0 Å². The van der Waals surface area contributed by atoms with Crippen molar-refractivity contribution < 1.29 is 19.1 Å². The van der Waals surface area contributed by atoms with Crippen molar-refractivity contribution >= 4 is 28.4 Å². The largest absolute Gasteiger partial charge is 0.465 e. The van der Waals surface area contributed by atoms with Crippen LogP contribution in [0.3, 0.4) is 0 Å². The quantitative estimate of drug-likeness (QED) is 0.842. The second-order valence-corrected chi connectivity index (χ2v) is 4.45. The van der Waals surface area contributed by atoms with Crippen LogP contribution in [-0.2, 0) is 15.9 Å². The van der Waals surface area contributed by atoms with Crippen LogP contribution in [0.15, 0.2) is 6.07 Å². The van der Waals surface area contributed by atoms with Gasteiger partial charge in [0.05, 0.1) is 19.8 Å². The van der Waals surface area contributed by atoms with Crippen LogP contribution in [0.4, 0.5) is 9.80 Å². The van der Waals surface area contributed by atoms with Gasteiger partial charge in [0.15, 0.2) is 0 Å². The molecule has 0 atom stereocenters. The minimum atomic E-state index is -0.597. The van der Waals surface area contributed by atoms with E-state index in [2.05, 4.69) is 14.8 Å². The zero-order chi connectivity index (χ0) is 12.8. The molecule has 1 aromatic rings. The maximum absolute atomic E-state index is 11.5. The Bertz CT molecular complexity index is 414. The molecule has 6 heteroatoms. The van der Waals surface area contributed by atoms with Gasteiger partial charge >= 0.3 is 12.1 Å². The van der Waals surface area contributed by atoms with E-state index in [1.807, 2.05) is 6.92 Å². The van der Waals surface area contributed by atoms with E-state index in [1.165, 1.54) is 25.6 Å². The first kappa shape index (κ1) is 13.5.